The Morgan fingerprint density at radius 2 is 1.92 bits per heavy atom. The molecule has 1 aromatic heterocycles. The zero-order valence-corrected chi connectivity index (χ0v) is 23.6. The van der Waals surface area contributed by atoms with Crippen molar-refractivity contribution in [2.45, 2.75) is 45.5 Å². The van der Waals surface area contributed by atoms with E-state index in [1.54, 1.807) is 39.1 Å². The molecule has 5 rings (SSSR count). The molecule has 0 unspecified atom stereocenters. The van der Waals surface area contributed by atoms with Gasteiger partial charge in [0.1, 0.15) is 30.0 Å². The van der Waals surface area contributed by atoms with Gasteiger partial charge in [-0.3, -0.25) is 0 Å². The van der Waals surface area contributed by atoms with Crippen molar-refractivity contribution in [2.75, 3.05) is 51.4 Å². The monoisotopic (exact) mass is 557 g/mol. The number of nitrogens with one attached hydrogen (secondary N) is 2. The quantitative estimate of drug-likeness (QED) is 0.269. The summed E-state index contributed by atoms with van der Waals surface area (Å²) in [4.78, 5) is 12.0. The number of rotatable bonds is 9. The molecule has 10 nitrogen and oxygen atoms in total. The summed E-state index contributed by atoms with van der Waals surface area (Å²) in [5.74, 6) is 1.22. The van der Waals surface area contributed by atoms with Crippen LogP contribution in [0, 0.1) is 17.7 Å². The molecule has 1 aliphatic carbocycles. The smallest absolute Gasteiger partial charge is 0.169 e. The van der Waals surface area contributed by atoms with Crippen LogP contribution in [0.3, 0.4) is 0 Å². The molecule has 1 saturated carbocycles. The Morgan fingerprint density at radius 3 is 2.54 bits per heavy atom. The number of aliphatic hydroxyl groups is 2. The molecule has 39 heavy (non-hydrogen) atoms. The molecule has 1 atom stereocenters. The number of allylic oxidation sites excluding steroid dienone is 2. The van der Waals surface area contributed by atoms with Gasteiger partial charge >= 0.3 is 0 Å². The number of aliphatic hydroxyl groups excluding tert-OH is 2. The number of anilines is 1. The number of nitrogens with zero attached hydrogens (tertiary/aromatic N) is 3. The average molecular weight is 558 g/mol. The second-order valence-corrected chi connectivity index (χ2v) is 11.3. The molecule has 3 aliphatic rings. The molecular formula is C28H36ClN5O5. The number of likely N-dealkylation sites (N-methyl/N-ethyl adjacent to an activating group) is 1. The molecule has 2 saturated heterocycles. The summed E-state index contributed by atoms with van der Waals surface area (Å²) in [7, 11) is 1.76. The first-order valence-corrected chi connectivity index (χ1v) is 13.6. The third kappa shape index (κ3) is 5.36. The molecule has 3 heterocycles. The van der Waals surface area contributed by atoms with Gasteiger partial charge in [-0.2, -0.15) is 0 Å². The maximum Gasteiger partial charge on any atom is 0.169 e. The summed E-state index contributed by atoms with van der Waals surface area (Å²) in [5, 5.41) is 32.2. The lowest BCUT2D eigenvalue weighted by Crippen LogP contribution is -2.68. The van der Waals surface area contributed by atoms with Crippen LogP contribution in [0.15, 0.2) is 24.0 Å². The van der Waals surface area contributed by atoms with Crippen LogP contribution < -0.4 is 15.0 Å². The van der Waals surface area contributed by atoms with Crippen LogP contribution in [0.1, 0.15) is 37.9 Å². The van der Waals surface area contributed by atoms with Crippen molar-refractivity contribution in [3.8, 4) is 17.1 Å². The van der Waals surface area contributed by atoms with Crippen molar-refractivity contribution < 1.29 is 24.4 Å². The molecule has 4 N–H and O–H groups in total. The molecule has 1 aromatic carbocycles. The van der Waals surface area contributed by atoms with Crippen LogP contribution >= 0.6 is 11.6 Å². The number of ether oxygens (including phenoxy) is 3. The Hall–Kier alpha value is -2.76. The van der Waals surface area contributed by atoms with E-state index >= 15 is 0 Å². The fourth-order valence-corrected chi connectivity index (χ4v) is 6.18. The highest BCUT2D eigenvalue weighted by molar-refractivity contribution is 6.33. The predicted molar refractivity (Wildman–Crippen MR) is 150 cm³/mol. The zero-order chi connectivity index (χ0) is 27.9. The Bertz CT molecular complexity index is 1290. The Morgan fingerprint density at radius 1 is 1.23 bits per heavy atom. The molecule has 2 aliphatic heterocycles. The highest BCUT2D eigenvalue weighted by Crippen LogP contribution is 2.58. The van der Waals surface area contributed by atoms with Gasteiger partial charge in [-0.15, -0.1) is 0 Å². The lowest BCUT2D eigenvalue weighted by atomic mass is 9.59. The van der Waals surface area contributed by atoms with Crippen molar-refractivity contribution in [1.29, 1.82) is 5.41 Å². The third-order valence-electron chi connectivity index (χ3n) is 7.61. The first-order valence-electron chi connectivity index (χ1n) is 13.2. The summed E-state index contributed by atoms with van der Waals surface area (Å²) in [6, 6.07) is 5.20. The summed E-state index contributed by atoms with van der Waals surface area (Å²) in [6.07, 6.45) is 1.07. The largest absolute Gasteiger partial charge is 0.512 e. The molecule has 3 fully saturated rings. The first-order chi connectivity index (χ1) is 18.6. The van der Waals surface area contributed by atoms with Gasteiger partial charge in [0, 0.05) is 54.7 Å². The summed E-state index contributed by atoms with van der Waals surface area (Å²) >= 11 is 6.63. The first kappa shape index (κ1) is 27.8. The van der Waals surface area contributed by atoms with E-state index in [2.05, 4.69) is 10.2 Å². The third-order valence-corrected chi connectivity index (χ3v) is 7.94. The van der Waals surface area contributed by atoms with Crippen LogP contribution in [0.4, 0.5) is 5.82 Å². The van der Waals surface area contributed by atoms with Crippen LogP contribution in [0.2, 0.25) is 5.02 Å². The molecule has 210 valence electrons. The van der Waals surface area contributed by atoms with E-state index in [0.29, 0.717) is 53.2 Å². The van der Waals surface area contributed by atoms with Gasteiger partial charge < -0.3 is 40.0 Å². The fourth-order valence-electron chi connectivity index (χ4n) is 5.98. The van der Waals surface area contributed by atoms with Gasteiger partial charge in [-0.1, -0.05) is 11.6 Å². The topological polar surface area (TPSA) is 133 Å². The maximum absolute atomic E-state index is 10.5. The van der Waals surface area contributed by atoms with Gasteiger partial charge in [0.25, 0.3) is 0 Å². The number of hydrogen-bond donors (Lipinski definition) is 4. The minimum Gasteiger partial charge on any atom is -0.512 e. The number of aromatic nitrogens is 2. The normalized spacial score (nSPS) is 20.4. The van der Waals surface area contributed by atoms with Crippen LogP contribution in [-0.2, 0) is 9.47 Å². The molecular weight excluding hydrogens is 522 g/mol. The van der Waals surface area contributed by atoms with Crippen molar-refractivity contribution in [3.63, 3.8) is 0 Å². The number of hydrogen-bond acceptors (Lipinski definition) is 10. The van der Waals surface area contributed by atoms with Crippen LogP contribution in [-0.4, -0.2) is 84.3 Å². The summed E-state index contributed by atoms with van der Waals surface area (Å²) in [5.41, 5.74) is 2.52. The van der Waals surface area contributed by atoms with Crippen LogP contribution in [0.25, 0.3) is 17.0 Å². The van der Waals surface area contributed by atoms with Crippen molar-refractivity contribution >= 4 is 28.7 Å². The van der Waals surface area contributed by atoms with E-state index in [-0.39, 0.29) is 23.5 Å². The lowest BCUT2D eigenvalue weighted by molar-refractivity contribution is -0.267. The van der Waals surface area contributed by atoms with E-state index < -0.39 is 11.9 Å². The predicted octanol–water partition coefficient (Wildman–Crippen LogP) is 3.74. The highest BCUT2D eigenvalue weighted by atomic mass is 35.5. The number of benzene rings is 1. The Labute approximate surface area is 233 Å². The van der Waals surface area contributed by atoms with Crippen molar-refractivity contribution in [1.82, 2.24) is 15.3 Å². The summed E-state index contributed by atoms with van der Waals surface area (Å²) in [6.45, 7) is 8.52. The molecule has 2 spiro atoms. The molecule has 11 heteroatoms. The highest BCUT2D eigenvalue weighted by Gasteiger charge is 2.63. The van der Waals surface area contributed by atoms with Gasteiger partial charge in [0.05, 0.1) is 29.5 Å². The Kier molecular flexibility index (Phi) is 7.60. The van der Waals surface area contributed by atoms with E-state index in [9.17, 15) is 10.2 Å². The number of halogens is 1. The van der Waals surface area contributed by atoms with Crippen molar-refractivity contribution in [3.05, 3.63) is 40.2 Å². The van der Waals surface area contributed by atoms with Gasteiger partial charge in [0.15, 0.2) is 11.6 Å². The molecule has 2 aromatic rings. The van der Waals surface area contributed by atoms with Gasteiger partial charge in [0.2, 0.25) is 0 Å². The SMILES string of the molecule is CNC[C@@H](O)COc1ccc(Cl)c(-c2nc(/C(C(C)=N)=C(\C)O)c(C)c(N3CC4(C3)CC3(C4)OCCO3)n2)c1. The molecule has 0 bridgehead atoms. The minimum absolute atomic E-state index is 0.0134. The second-order valence-electron chi connectivity index (χ2n) is 10.9. The lowest BCUT2D eigenvalue weighted by Gasteiger charge is -2.62. The molecule has 0 amide bonds. The van der Waals surface area contributed by atoms with Gasteiger partial charge in [-0.25, -0.2) is 9.97 Å². The van der Waals surface area contributed by atoms with E-state index in [1.807, 2.05) is 6.92 Å². The summed E-state index contributed by atoms with van der Waals surface area (Å²) < 4.78 is 17.5. The van der Waals surface area contributed by atoms with Gasteiger partial charge in [-0.05, 0) is 46.0 Å². The van der Waals surface area contributed by atoms with E-state index in [1.165, 1.54) is 0 Å². The zero-order valence-electron chi connectivity index (χ0n) is 22.8. The minimum atomic E-state index is -0.664. The second kappa shape index (κ2) is 10.7. The maximum atomic E-state index is 10.5. The fraction of sp³-hybridized carbons (Fsp3) is 0.536. The average Bonchev–Trinajstić information content (AvgIpc) is 3.32. The standard InChI is InChI=1S/C28H36ClN5O5/c1-16-24(23(17(2)30)18(3)35)32-25(21-9-20(5-6-22(21)29)37-11-19(36)10-31-4)33-26(16)34-14-27(15-34)12-28(13-27)38-7-8-39-28/h5-6,9,19,30-31,35-36H,7-8,10-15H2,1-4H3/b23-18+,30-17?/t19-/m1/s1. The van der Waals surface area contributed by atoms with Crippen LogP contribution in [0.5, 0.6) is 5.75 Å². The molecule has 0 radical (unpaired) electrons. The van der Waals surface area contributed by atoms with Crippen molar-refractivity contribution in [2.24, 2.45) is 5.41 Å². The van der Waals surface area contributed by atoms with E-state index in [0.717, 1.165) is 37.3 Å². The Balaban J connectivity index is 1.49. The van der Waals surface area contributed by atoms with E-state index in [4.69, 9.17) is 41.2 Å².